The minimum Gasteiger partial charge on any atom is -0.486 e. The Hall–Kier alpha value is -3.03. The molecule has 1 N–H and O–H groups in total. The fourth-order valence-electron chi connectivity index (χ4n) is 9.03. The van der Waals surface area contributed by atoms with Crippen molar-refractivity contribution in [2.24, 2.45) is 0 Å². The Kier molecular flexibility index (Phi) is 15.9. The molecular formula is C50H63F2I3N8O8S2Si. The zero-order chi connectivity index (χ0) is 54.3. The van der Waals surface area contributed by atoms with Gasteiger partial charge in [0.2, 0.25) is 0 Å². The fraction of sp³-hybridized carbons (Fsp3) is 0.520. The molecule has 4 aliphatic rings. The highest BCUT2D eigenvalue weighted by Crippen LogP contribution is 2.47. The van der Waals surface area contributed by atoms with E-state index in [0.717, 1.165) is 17.3 Å². The third-order valence-corrected chi connectivity index (χ3v) is 24.3. The fourth-order valence-corrected chi connectivity index (χ4v) is 12.0. The van der Waals surface area contributed by atoms with Gasteiger partial charge >= 0.3 is 0 Å². The first-order valence-electron chi connectivity index (χ1n) is 24.1. The van der Waals surface area contributed by atoms with Gasteiger partial charge in [-0.1, -0.05) is 102 Å². The largest absolute Gasteiger partial charge is 0.486 e. The number of nitrogens with one attached hydrogen (secondary N) is 1. The van der Waals surface area contributed by atoms with Crippen LogP contribution in [0.15, 0.2) is 48.8 Å². The Morgan fingerprint density at radius 1 is 0.649 bits per heavy atom. The molecule has 10 rings (SSSR count). The molecular weight excluding hydrogens is 1350 g/mol. The number of aromatic nitrogens is 6. The van der Waals surface area contributed by atoms with Crippen LogP contribution in [0.1, 0.15) is 66.8 Å². The lowest BCUT2D eigenvalue weighted by molar-refractivity contribution is 0.0690. The Morgan fingerprint density at radius 3 is 1.54 bits per heavy atom. The summed E-state index contributed by atoms with van der Waals surface area (Å²) in [5, 5.41) is 1.39. The van der Waals surface area contributed by atoms with Gasteiger partial charge < -0.3 is 38.0 Å². The molecule has 402 valence electrons. The first kappa shape index (κ1) is 57.2. The van der Waals surface area contributed by atoms with Gasteiger partial charge in [0.1, 0.15) is 45.2 Å². The molecule has 6 aromatic rings. The normalized spacial score (nSPS) is 18.4. The molecule has 4 aromatic heterocycles. The maximum Gasteiger partial charge on any atom is 0.185 e. The van der Waals surface area contributed by atoms with Crippen LogP contribution in [0.5, 0.6) is 11.5 Å². The smallest absolute Gasteiger partial charge is 0.185 e. The van der Waals surface area contributed by atoms with Crippen LogP contribution < -0.4 is 19.3 Å². The van der Waals surface area contributed by atoms with Crippen LogP contribution in [0.2, 0.25) is 18.1 Å². The van der Waals surface area contributed by atoms with Crippen LogP contribution in [-0.2, 0) is 38.6 Å². The highest BCUT2D eigenvalue weighted by Gasteiger charge is 2.45. The summed E-state index contributed by atoms with van der Waals surface area (Å²) in [6, 6.07) is 9.84. The molecule has 0 saturated carbocycles. The second kappa shape index (κ2) is 20.6. The number of aromatic amines is 1. The topological polar surface area (TPSA) is 184 Å². The lowest BCUT2D eigenvalue weighted by Gasteiger charge is -2.41. The molecule has 0 amide bonds. The van der Waals surface area contributed by atoms with Gasteiger partial charge in [0.25, 0.3) is 0 Å². The van der Waals surface area contributed by atoms with E-state index in [4.69, 9.17) is 33.9 Å². The van der Waals surface area contributed by atoms with E-state index >= 15 is 8.78 Å². The van der Waals surface area contributed by atoms with Crippen LogP contribution in [0.3, 0.4) is 0 Å². The second-order valence-corrected chi connectivity index (χ2v) is 44.5. The number of fused-ring (bicyclic) bond motifs is 8. The molecule has 16 nitrogen and oxygen atoms in total. The summed E-state index contributed by atoms with van der Waals surface area (Å²) >= 11 is 7.05. The van der Waals surface area contributed by atoms with E-state index in [1.807, 2.05) is 23.2 Å². The van der Waals surface area contributed by atoms with E-state index < -0.39 is 49.0 Å². The third kappa shape index (κ3) is 10.9. The van der Waals surface area contributed by atoms with Gasteiger partial charge in [-0.3, -0.25) is 0 Å². The second-order valence-electron chi connectivity index (χ2n) is 21.6. The van der Waals surface area contributed by atoms with Crippen molar-refractivity contribution in [2.45, 2.75) is 94.5 Å². The van der Waals surface area contributed by atoms with E-state index in [2.05, 4.69) is 128 Å². The predicted molar refractivity (Wildman–Crippen MR) is 316 cm³/mol. The lowest BCUT2D eigenvalue weighted by atomic mass is 10.0. The number of hydrogen-bond acceptors (Lipinski definition) is 14. The highest BCUT2D eigenvalue weighted by atomic mass is 127. The monoisotopic (exact) mass is 1410 g/mol. The van der Waals surface area contributed by atoms with E-state index in [9.17, 15) is 16.8 Å². The van der Waals surface area contributed by atoms with Gasteiger partial charge in [-0.15, -0.1) is 0 Å². The number of nitrogens with zero attached hydrogens (tertiary/aromatic N) is 7. The summed E-state index contributed by atoms with van der Waals surface area (Å²) < 4.78 is 105. The molecule has 0 aliphatic carbocycles. The van der Waals surface area contributed by atoms with Gasteiger partial charge in [0.05, 0.1) is 49.6 Å². The summed E-state index contributed by atoms with van der Waals surface area (Å²) in [5.74, 6) is 0.984. The van der Waals surface area contributed by atoms with E-state index in [0.29, 0.717) is 86.1 Å². The van der Waals surface area contributed by atoms with Crippen molar-refractivity contribution in [3.05, 3.63) is 71.8 Å². The molecule has 0 bridgehead atoms. The van der Waals surface area contributed by atoms with Crippen molar-refractivity contribution in [1.82, 2.24) is 29.2 Å². The number of alkyl halides is 3. The van der Waals surface area contributed by atoms with E-state index in [1.165, 1.54) is 18.4 Å². The zero-order valence-electron chi connectivity index (χ0n) is 43.5. The van der Waals surface area contributed by atoms with E-state index in [1.54, 1.807) is 46.0 Å². The van der Waals surface area contributed by atoms with Gasteiger partial charge in [-0.2, -0.15) is 0 Å². The Morgan fingerprint density at radius 2 is 1.09 bits per heavy atom. The van der Waals surface area contributed by atoms with Crippen molar-refractivity contribution in [1.29, 1.82) is 0 Å². The minimum absolute atomic E-state index is 0.0499. The number of benzene rings is 2. The van der Waals surface area contributed by atoms with Crippen LogP contribution >= 0.6 is 67.8 Å². The summed E-state index contributed by atoms with van der Waals surface area (Å²) in [6.45, 7) is 23.6. The standard InChI is InChI=1S/C27H37FN4O4SSi.C21H23FN4O4S.C2H3I3/c1-26(2,3)38(7,8)32-12-11-18-20(32)10-9-19(28)21(18)24-29-23(27(4,5)37(6,33)34)22-25(30-24)31-13-14-35-15-17(31)16-36-22;1-21(2,31(3,27)28)18-17-20(26-8-9-29-10-12(26)11-30-17)25-19(24-18)16-13-6-7-23-15(13)5-4-14(16)22;1-2(3,4)5/h9-12,17H,13-16H2,1-8H3;4-7,12,23H,8-11H2,1-3H3;1H3. The molecule has 2 atom stereocenters. The number of halogens is 5. The van der Waals surface area contributed by atoms with Crippen LogP contribution in [-0.4, -0.2) is 131 Å². The molecule has 0 radical (unpaired) electrons. The zero-order valence-corrected chi connectivity index (χ0v) is 52.6. The van der Waals surface area contributed by atoms with E-state index in [-0.39, 0.29) is 51.3 Å². The Bertz CT molecular complexity index is 3360. The molecule has 2 unspecified atom stereocenters. The quantitative estimate of drug-likeness (QED) is 0.0905. The number of morpholine rings is 2. The highest BCUT2D eigenvalue weighted by molar-refractivity contribution is 14.3. The predicted octanol–water partition coefficient (Wildman–Crippen LogP) is 10.6. The molecule has 4 aliphatic heterocycles. The van der Waals surface area contributed by atoms with Crippen LogP contribution in [0.4, 0.5) is 20.4 Å². The average Bonchev–Trinajstić information content (AvgIpc) is 3.97. The number of ether oxygens (including phenoxy) is 4. The lowest BCUT2D eigenvalue weighted by Crippen LogP contribution is -2.52. The number of H-pyrrole nitrogens is 1. The summed E-state index contributed by atoms with van der Waals surface area (Å²) in [5.41, 5.74) is 2.61. The third-order valence-electron chi connectivity index (χ3n) is 14.9. The molecule has 0 spiro atoms. The first-order valence-corrected chi connectivity index (χ1v) is 34.0. The number of anilines is 2. The van der Waals surface area contributed by atoms with Crippen LogP contribution in [0, 0.1) is 11.6 Å². The van der Waals surface area contributed by atoms with Crippen molar-refractivity contribution >= 4 is 129 Å². The van der Waals surface area contributed by atoms with Gasteiger partial charge in [-0.05, 0) is 82.3 Å². The Balaban J connectivity index is 0.000000183. The number of sulfone groups is 2. The van der Waals surface area contributed by atoms with Crippen molar-refractivity contribution < 1.29 is 44.6 Å². The van der Waals surface area contributed by atoms with Gasteiger partial charge in [-0.25, -0.2) is 45.6 Å². The maximum atomic E-state index is 15.7. The van der Waals surface area contributed by atoms with Crippen molar-refractivity contribution in [2.75, 3.05) is 75.0 Å². The molecule has 2 aromatic carbocycles. The number of hydrogen-bond donors (Lipinski definition) is 1. The molecule has 8 heterocycles. The van der Waals surface area contributed by atoms with Gasteiger partial charge in [0, 0.05) is 53.6 Å². The maximum absolute atomic E-state index is 15.7. The molecule has 74 heavy (non-hydrogen) atoms. The SMILES string of the molecule is CC(C)(C)[Si](C)(C)n1ccc2c(-c3nc4c(c(C(C)(C)S(C)(=O)=O)n3)OCC3COCCN43)c(F)ccc21.CC(C)(c1nc(-c2c(F)ccc3[nH]ccc23)nc2c1OCC1COCCN21)S(C)(=O)=O.CC(I)(I)I. The average molecular weight is 1420 g/mol. The van der Waals surface area contributed by atoms with Gasteiger partial charge in [0.15, 0.2) is 62.7 Å². The van der Waals surface area contributed by atoms with Crippen LogP contribution in [0.25, 0.3) is 44.6 Å². The first-order chi connectivity index (χ1) is 34.2. The summed E-state index contributed by atoms with van der Waals surface area (Å²) in [6.07, 6.45) is 6.09. The van der Waals surface area contributed by atoms with Crippen molar-refractivity contribution in [3.8, 4) is 34.3 Å². The summed E-state index contributed by atoms with van der Waals surface area (Å²) in [7, 11) is -9.19. The number of rotatable bonds is 7. The summed E-state index contributed by atoms with van der Waals surface area (Å²) in [4.78, 5) is 26.1. The molecule has 24 heteroatoms. The molecule has 2 saturated heterocycles. The minimum atomic E-state index is -3.61. The van der Waals surface area contributed by atoms with Crippen molar-refractivity contribution in [3.63, 3.8) is 0 Å². The molecule has 2 fully saturated rings. The Labute approximate surface area is 474 Å².